The number of benzene rings is 3. The maximum absolute atomic E-state index is 13.9. The molecule has 218 valence electrons. The molecule has 1 saturated carbocycles. The van der Waals surface area contributed by atoms with Crippen LogP contribution in [0.1, 0.15) is 56.1 Å². The molecule has 0 saturated heterocycles. The zero-order valence-corrected chi connectivity index (χ0v) is 25.0. The Kier molecular flexibility index (Phi) is 11.8. The fraction of sp³-hybridized carbons (Fsp3) is 0.394. The van der Waals surface area contributed by atoms with Crippen molar-refractivity contribution >= 4 is 35.0 Å². The highest BCUT2D eigenvalue weighted by molar-refractivity contribution is 6.42. The topological polar surface area (TPSA) is 67.9 Å². The average Bonchev–Trinajstić information content (AvgIpc) is 3.00. The molecule has 4 rings (SSSR count). The van der Waals surface area contributed by atoms with Crippen molar-refractivity contribution in [2.75, 3.05) is 13.7 Å². The van der Waals surface area contributed by atoms with Crippen molar-refractivity contribution in [1.82, 2.24) is 10.2 Å². The molecule has 0 heterocycles. The van der Waals surface area contributed by atoms with Gasteiger partial charge in [0.2, 0.25) is 11.8 Å². The number of rotatable bonds is 13. The van der Waals surface area contributed by atoms with Gasteiger partial charge in [-0.1, -0.05) is 78.9 Å². The first-order valence-electron chi connectivity index (χ1n) is 14.3. The predicted molar refractivity (Wildman–Crippen MR) is 164 cm³/mol. The number of ether oxygens (including phenoxy) is 2. The van der Waals surface area contributed by atoms with Crippen molar-refractivity contribution in [3.05, 3.63) is 94.0 Å². The van der Waals surface area contributed by atoms with Crippen LogP contribution >= 0.6 is 23.2 Å². The molecule has 41 heavy (non-hydrogen) atoms. The molecular weight excluding hydrogens is 559 g/mol. The zero-order chi connectivity index (χ0) is 29.0. The number of nitrogens with one attached hydrogen (secondary N) is 1. The first-order valence-corrected chi connectivity index (χ1v) is 15.0. The molecule has 1 aliphatic carbocycles. The largest absolute Gasteiger partial charge is 0.497 e. The van der Waals surface area contributed by atoms with Gasteiger partial charge < -0.3 is 19.7 Å². The number of hydrogen-bond donors (Lipinski definition) is 1. The Balaban J connectivity index is 1.52. The van der Waals surface area contributed by atoms with Crippen LogP contribution in [0.5, 0.6) is 11.5 Å². The summed E-state index contributed by atoms with van der Waals surface area (Å²) in [5.41, 5.74) is 1.80. The van der Waals surface area contributed by atoms with E-state index in [0.717, 1.165) is 42.6 Å². The van der Waals surface area contributed by atoms with E-state index in [2.05, 4.69) is 5.32 Å². The zero-order valence-electron chi connectivity index (χ0n) is 23.5. The van der Waals surface area contributed by atoms with E-state index in [0.29, 0.717) is 35.2 Å². The second-order valence-electron chi connectivity index (χ2n) is 10.4. The minimum Gasteiger partial charge on any atom is -0.497 e. The first kappa shape index (κ1) is 30.7. The van der Waals surface area contributed by atoms with Crippen LogP contribution in [-0.2, 0) is 22.6 Å². The number of hydrogen-bond acceptors (Lipinski definition) is 4. The standard InChI is InChI=1S/C33H38Cl2N2O4/c1-40-27-15-17-28(18-16-27)41-20-8-13-32(38)37(23-25-14-19-29(34)30(35)21-25)31(22-24-9-4-2-5-10-24)33(39)36-26-11-6-3-7-12-26/h2,4-5,9-10,14-19,21,26,31H,3,6-8,11-13,20,22-23H2,1H3,(H,36,39). The first-order chi connectivity index (χ1) is 19.9. The van der Waals surface area contributed by atoms with Gasteiger partial charge in [0.1, 0.15) is 17.5 Å². The summed E-state index contributed by atoms with van der Waals surface area (Å²) in [5, 5.41) is 4.12. The molecule has 2 amide bonds. The monoisotopic (exact) mass is 596 g/mol. The third kappa shape index (κ3) is 9.40. The van der Waals surface area contributed by atoms with Gasteiger partial charge >= 0.3 is 0 Å². The average molecular weight is 598 g/mol. The SMILES string of the molecule is COc1ccc(OCCCC(=O)N(Cc2ccc(Cl)c(Cl)c2)C(Cc2ccccc2)C(=O)NC2CCCCC2)cc1. The molecule has 1 unspecified atom stereocenters. The quantitative estimate of drug-likeness (QED) is 0.211. The number of halogens is 2. The highest BCUT2D eigenvalue weighted by Gasteiger charge is 2.31. The molecule has 0 aromatic heterocycles. The fourth-order valence-corrected chi connectivity index (χ4v) is 5.48. The van der Waals surface area contributed by atoms with Gasteiger partial charge in [-0.15, -0.1) is 0 Å². The maximum Gasteiger partial charge on any atom is 0.243 e. The van der Waals surface area contributed by atoms with Gasteiger partial charge in [0.15, 0.2) is 0 Å². The fourth-order valence-electron chi connectivity index (χ4n) is 5.16. The van der Waals surface area contributed by atoms with Gasteiger partial charge in [0, 0.05) is 25.4 Å². The molecule has 3 aromatic rings. The number of amides is 2. The van der Waals surface area contributed by atoms with E-state index >= 15 is 0 Å². The van der Waals surface area contributed by atoms with E-state index in [9.17, 15) is 9.59 Å². The van der Waals surface area contributed by atoms with Crippen molar-refractivity contribution in [2.45, 2.75) is 70.0 Å². The van der Waals surface area contributed by atoms with E-state index < -0.39 is 6.04 Å². The molecule has 1 aliphatic rings. The summed E-state index contributed by atoms with van der Waals surface area (Å²) < 4.78 is 11.0. The minimum absolute atomic E-state index is 0.117. The molecule has 1 atom stereocenters. The molecule has 8 heteroatoms. The van der Waals surface area contributed by atoms with Gasteiger partial charge in [-0.25, -0.2) is 0 Å². The summed E-state index contributed by atoms with van der Waals surface area (Å²) in [6.07, 6.45) is 6.49. The highest BCUT2D eigenvalue weighted by atomic mass is 35.5. The van der Waals surface area contributed by atoms with E-state index in [1.54, 1.807) is 24.1 Å². The molecule has 1 N–H and O–H groups in total. The summed E-state index contributed by atoms with van der Waals surface area (Å²) >= 11 is 12.5. The number of carbonyl (C=O) groups excluding carboxylic acids is 2. The molecule has 6 nitrogen and oxygen atoms in total. The third-order valence-corrected chi connectivity index (χ3v) is 8.16. The Morgan fingerprint density at radius 1 is 0.902 bits per heavy atom. The Bertz CT molecular complexity index is 1260. The molecule has 0 spiro atoms. The Hall–Kier alpha value is -3.22. The maximum atomic E-state index is 13.9. The van der Waals surface area contributed by atoms with Crippen LogP contribution in [0.4, 0.5) is 0 Å². The number of nitrogens with zero attached hydrogens (tertiary/aromatic N) is 1. The van der Waals surface area contributed by atoms with Gasteiger partial charge in [0.05, 0.1) is 23.8 Å². The summed E-state index contributed by atoms with van der Waals surface area (Å²) in [4.78, 5) is 29.4. The van der Waals surface area contributed by atoms with Crippen molar-refractivity contribution in [2.24, 2.45) is 0 Å². The van der Waals surface area contributed by atoms with Crippen LogP contribution in [0.2, 0.25) is 10.0 Å². The minimum atomic E-state index is -0.677. The lowest BCUT2D eigenvalue weighted by atomic mass is 9.94. The van der Waals surface area contributed by atoms with Gasteiger partial charge in [-0.2, -0.15) is 0 Å². The summed E-state index contributed by atoms with van der Waals surface area (Å²) in [7, 11) is 1.62. The van der Waals surface area contributed by atoms with E-state index in [4.69, 9.17) is 32.7 Å². The van der Waals surface area contributed by atoms with E-state index in [1.807, 2.05) is 60.7 Å². The van der Waals surface area contributed by atoms with E-state index in [-0.39, 0.29) is 30.8 Å². The van der Waals surface area contributed by atoms with Crippen LogP contribution in [0.25, 0.3) is 0 Å². The Morgan fingerprint density at radius 2 is 1.61 bits per heavy atom. The van der Waals surface area contributed by atoms with Crippen LogP contribution in [-0.4, -0.2) is 42.5 Å². The van der Waals surface area contributed by atoms with E-state index in [1.165, 1.54) is 6.42 Å². The smallest absolute Gasteiger partial charge is 0.243 e. The lowest BCUT2D eigenvalue weighted by molar-refractivity contribution is -0.141. The summed E-state index contributed by atoms with van der Waals surface area (Å²) in [6.45, 7) is 0.612. The number of carbonyl (C=O) groups is 2. The van der Waals surface area contributed by atoms with Crippen LogP contribution in [0, 0.1) is 0 Å². The lowest BCUT2D eigenvalue weighted by Crippen LogP contribution is -2.52. The Labute approximate surface area is 252 Å². The third-order valence-electron chi connectivity index (χ3n) is 7.42. The Morgan fingerprint density at radius 3 is 2.29 bits per heavy atom. The van der Waals surface area contributed by atoms with Gasteiger partial charge in [-0.05, 0) is 66.8 Å². The van der Waals surface area contributed by atoms with Crippen molar-refractivity contribution in [3.63, 3.8) is 0 Å². The molecular formula is C33H38Cl2N2O4. The van der Waals surface area contributed by atoms with Crippen LogP contribution < -0.4 is 14.8 Å². The van der Waals surface area contributed by atoms with Crippen LogP contribution in [0.15, 0.2) is 72.8 Å². The van der Waals surface area contributed by atoms with Gasteiger partial charge in [0.25, 0.3) is 0 Å². The molecule has 0 radical (unpaired) electrons. The van der Waals surface area contributed by atoms with Crippen molar-refractivity contribution in [3.8, 4) is 11.5 Å². The highest BCUT2D eigenvalue weighted by Crippen LogP contribution is 2.25. The lowest BCUT2D eigenvalue weighted by Gasteiger charge is -2.33. The molecule has 0 bridgehead atoms. The van der Waals surface area contributed by atoms with Gasteiger partial charge in [-0.3, -0.25) is 9.59 Å². The summed E-state index contributed by atoms with van der Waals surface area (Å²) in [6, 6.07) is 22.0. The summed E-state index contributed by atoms with van der Waals surface area (Å²) in [5.74, 6) is 1.22. The second kappa shape index (κ2) is 15.7. The molecule has 3 aromatic carbocycles. The normalized spacial score (nSPS) is 14.2. The number of methoxy groups -OCH3 is 1. The molecule has 1 fully saturated rings. The molecule has 0 aliphatic heterocycles. The van der Waals surface area contributed by atoms with Crippen molar-refractivity contribution in [1.29, 1.82) is 0 Å². The van der Waals surface area contributed by atoms with Crippen LogP contribution in [0.3, 0.4) is 0 Å². The van der Waals surface area contributed by atoms with Crippen molar-refractivity contribution < 1.29 is 19.1 Å². The second-order valence-corrected chi connectivity index (χ2v) is 11.3. The predicted octanol–water partition coefficient (Wildman–Crippen LogP) is 7.25.